The fourth-order valence-corrected chi connectivity index (χ4v) is 2.99. The van der Waals surface area contributed by atoms with Crippen molar-refractivity contribution in [2.75, 3.05) is 12.5 Å². The van der Waals surface area contributed by atoms with E-state index in [4.69, 9.17) is 32.1 Å². The first-order chi connectivity index (χ1) is 11.7. The van der Waals surface area contributed by atoms with Crippen molar-refractivity contribution in [2.24, 2.45) is 0 Å². The monoisotopic (exact) mass is 398 g/mol. The highest BCUT2D eigenvalue weighted by Gasteiger charge is 2.36. The Kier molecular flexibility index (Phi) is 4.08. The summed E-state index contributed by atoms with van der Waals surface area (Å²) in [6.45, 7) is -0.596. The topological polar surface area (TPSA) is 86.1 Å². The van der Waals surface area contributed by atoms with E-state index in [-0.39, 0.29) is 0 Å². The highest BCUT2D eigenvalue weighted by atomic mass is 35.5. The number of ether oxygens (including phenoxy) is 2. The smallest absolute Gasteiger partial charge is 0.446 e. The standard InChI is InChI=1S/C12H4ClF5N4O2S/c13-4-7(9-6(15)5(14)8(4)23-2-24-9)22-11(20)10(3(1-19)21-22)25-12(16,17)18/h2,20H2. The number of fused-ring (bicyclic) bond motifs is 4. The Morgan fingerprint density at radius 1 is 1.24 bits per heavy atom. The Morgan fingerprint density at radius 2 is 1.84 bits per heavy atom. The Morgan fingerprint density at radius 3 is 2.44 bits per heavy atom. The number of hydrogen-bond donors (Lipinski definition) is 1. The summed E-state index contributed by atoms with van der Waals surface area (Å²) in [7, 11) is 0. The number of nitrogens with zero attached hydrogens (tertiary/aromatic N) is 3. The summed E-state index contributed by atoms with van der Waals surface area (Å²) in [5.74, 6) is -5.04. The molecule has 3 heterocycles. The first kappa shape index (κ1) is 17.4. The number of halogens is 6. The third kappa shape index (κ3) is 2.79. The number of nitrogen functional groups attached to an aromatic ring is 1. The second-order valence-electron chi connectivity index (χ2n) is 4.49. The molecule has 13 heteroatoms. The normalized spacial score (nSPS) is 13.2. The van der Waals surface area contributed by atoms with Gasteiger partial charge in [-0.25, -0.2) is 4.68 Å². The molecule has 0 amide bonds. The quantitative estimate of drug-likeness (QED) is 0.472. The molecule has 25 heavy (non-hydrogen) atoms. The molecule has 2 aromatic rings. The van der Waals surface area contributed by atoms with Gasteiger partial charge in [-0.15, -0.1) is 0 Å². The Balaban J connectivity index is 2.29. The first-order valence-corrected chi connectivity index (χ1v) is 7.36. The van der Waals surface area contributed by atoms with Gasteiger partial charge in [0.25, 0.3) is 0 Å². The van der Waals surface area contributed by atoms with Crippen LogP contribution in [0.5, 0.6) is 11.5 Å². The molecule has 6 nitrogen and oxygen atoms in total. The van der Waals surface area contributed by atoms with Crippen molar-refractivity contribution in [3.63, 3.8) is 0 Å². The number of aromatic nitrogens is 2. The molecule has 0 unspecified atom stereocenters. The molecule has 0 atom stereocenters. The molecule has 1 aromatic carbocycles. The van der Waals surface area contributed by atoms with Crippen LogP contribution >= 0.6 is 23.4 Å². The molecule has 1 aromatic heterocycles. The van der Waals surface area contributed by atoms with Gasteiger partial charge in [0.2, 0.25) is 18.4 Å². The summed E-state index contributed by atoms with van der Waals surface area (Å²) >= 11 is 5.26. The molecule has 0 saturated heterocycles. The summed E-state index contributed by atoms with van der Waals surface area (Å²) in [5.41, 5.74) is -0.278. The van der Waals surface area contributed by atoms with Gasteiger partial charge in [0, 0.05) is 0 Å². The molecule has 2 aliphatic heterocycles. The minimum atomic E-state index is -4.76. The maximum atomic E-state index is 14.1. The molecule has 0 fully saturated rings. The minimum Gasteiger partial charge on any atom is -0.453 e. The Labute approximate surface area is 144 Å². The zero-order chi connectivity index (χ0) is 18.5. The van der Waals surface area contributed by atoms with Gasteiger partial charge in [0.15, 0.2) is 17.2 Å². The number of rotatable bonds is 2. The van der Waals surface area contributed by atoms with E-state index in [9.17, 15) is 22.0 Å². The van der Waals surface area contributed by atoms with Crippen LogP contribution in [0.25, 0.3) is 5.69 Å². The lowest BCUT2D eigenvalue weighted by Crippen LogP contribution is -2.07. The molecule has 132 valence electrons. The van der Waals surface area contributed by atoms with Crippen molar-refractivity contribution in [3.05, 3.63) is 22.4 Å². The summed E-state index contributed by atoms with van der Waals surface area (Å²) in [6, 6.07) is 1.45. The zero-order valence-corrected chi connectivity index (χ0v) is 13.2. The van der Waals surface area contributed by atoms with E-state index in [0.29, 0.717) is 4.68 Å². The predicted octanol–water partition coefficient (Wildman–Crippen LogP) is 3.60. The zero-order valence-electron chi connectivity index (χ0n) is 11.6. The molecule has 0 aliphatic carbocycles. The second kappa shape index (κ2) is 5.85. The predicted molar refractivity (Wildman–Crippen MR) is 75.7 cm³/mol. The Hall–Kier alpha value is -2.39. The minimum absolute atomic E-state index is 0.476. The van der Waals surface area contributed by atoms with E-state index in [2.05, 4.69) is 5.10 Å². The number of alkyl halides is 3. The lowest BCUT2D eigenvalue weighted by Gasteiger charge is -2.12. The highest BCUT2D eigenvalue weighted by molar-refractivity contribution is 8.00. The van der Waals surface area contributed by atoms with Crippen molar-refractivity contribution < 1.29 is 31.4 Å². The third-order valence-electron chi connectivity index (χ3n) is 3.03. The number of hydrogen-bond acceptors (Lipinski definition) is 6. The third-order valence-corrected chi connectivity index (χ3v) is 4.22. The van der Waals surface area contributed by atoms with E-state index in [0.717, 1.165) is 0 Å². The SMILES string of the molecule is N#Cc1nn(-c2c(Cl)c3c(F)c(F)c2OCO3)c(N)c1SC(F)(F)F. The molecular formula is C12H4ClF5N4O2S. The van der Waals surface area contributed by atoms with Crippen LogP contribution < -0.4 is 15.2 Å². The van der Waals surface area contributed by atoms with E-state index >= 15 is 0 Å². The van der Waals surface area contributed by atoms with E-state index in [1.807, 2.05) is 0 Å². The van der Waals surface area contributed by atoms with Gasteiger partial charge in [-0.3, -0.25) is 0 Å². The van der Waals surface area contributed by atoms with Crippen LogP contribution in [0.1, 0.15) is 5.69 Å². The number of benzene rings is 1. The van der Waals surface area contributed by atoms with Gasteiger partial charge < -0.3 is 15.2 Å². The van der Waals surface area contributed by atoms with Crippen LogP contribution in [0.4, 0.5) is 27.8 Å². The number of anilines is 1. The van der Waals surface area contributed by atoms with Gasteiger partial charge in [0.1, 0.15) is 22.6 Å². The molecule has 4 rings (SSSR count). The number of thioether (sulfide) groups is 1. The first-order valence-electron chi connectivity index (χ1n) is 6.16. The number of nitrogens with two attached hydrogens (primary N) is 1. The van der Waals surface area contributed by atoms with E-state index in [1.54, 1.807) is 0 Å². The maximum absolute atomic E-state index is 14.1. The van der Waals surface area contributed by atoms with Crippen molar-refractivity contribution >= 4 is 29.2 Å². The van der Waals surface area contributed by atoms with Crippen LogP contribution in [0.2, 0.25) is 5.02 Å². The fourth-order valence-electron chi connectivity index (χ4n) is 2.08. The lowest BCUT2D eigenvalue weighted by atomic mass is 10.2. The highest BCUT2D eigenvalue weighted by Crippen LogP contribution is 2.47. The molecule has 2 N–H and O–H groups in total. The summed E-state index contributed by atoms with van der Waals surface area (Å²) in [4.78, 5) is -0.705. The largest absolute Gasteiger partial charge is 0.453 e. The summed E-state index contributed by atoms with van der Waals surface area (Å²) in [5, 5.41) is 12.0. The summed E-state index contributed by atoms with van der Waals surface area (Å²) in [6.07, 6.45) is 0. The van der Waals surface area contributed by atoms with Crippen molar-refractivity contribution in [2.45, 2.75) is 10.4 Å². The van der Waals surface area contributed by atoms with Crippen LogP contribution in [-0.4, -0.2) is 22.1 Å². The van der Waals surface area contributed by atoms with Crippen LogP contribution in [0.15, 0.2) is 4.90 Å². The Bertz CT molecular complexity index is 924. The fraction of sp³-hybridized carbons (Fsp3) is 0.167. The lowest BCUT2D eigenvalue weighted by molar-refractivity contribution is -0.0328. The van der Waals surface area contributed by atoms with Crippen molar-refractivity contribution in [1.82, 2.24) is 9.78 Å². The molecule has 0 spiro atoms. The average molecular weight is 399 g/mol. The van der Waals surface area contributed by atoms with Crippen LogP contribution in [-0.2, 0) is 0 Å². The van der Waals surface area contributed by atoms with Gasteiger partial charge in [-0.1, -0.05) is 11.6 Å². The van der Waals surface area contributed by atoms with E-state index in [1.165, 1.54) is 6.07 Å². The van der Waals surface area contributed by atoms with Crippen molar-refractivity contribution in [1.29, 1.82) is 5.26 Å². The van der Waals surface area contributed by atoms with Crippen molar-refractivity contribution in [3.8, 4) is 23.3 Å². The van der Waals surface area contributed by atoms with Gasteiger partial charge in [-0.2, -0.15) is 32.3 Å². The average Bonchev–Trinajstić information content (AvgIpc) is 2.66. The molecular weight excluding hydrogens is 395 g/mol. The molecule has 0 radical (unpaired) electrons. The van der Waals surface area contributed by atoms with E-state index < -0.39 is 74.3 Å². The summed E-state index contributed by atoms with van der Waals surface area (Å²) < 4.78 is 76.1. The maximum Gasteiger partial charge on any atom is 0.446 e. The van der Waals surface area contributed by atoms with Crippen LogP contribution in [0, 0.1) is 23.0 Å². The van der Waals surface area contributed by atoms with Crippen LogP contribution in [0.3, 0.4) is 0 Å². The number of nitriles is 1. The van der Waals surface area contributed by atoms with Gasteiger partial charge >= 0.3 is 5.51 Å². The second-order valence-corrected chi connectivity index (χ2v) is 5.94. The molecule has 2 aliphatic rings. The van der Waals surface area contributed by atoms with Gasteiger partial charge in [-0.05, 0) is 11.8 Å². The molecule has 0 saturated carbocycles. The molecule has 2 bridgehead atoms. The van der Waals surface area contributed by atoms with Gasteiger partial charge in [0.05, 0.1) is 4.90 Å².